The first-order valence-electron chi connectivity index (χ1n) is 8.65. The molecule has 3 nitrogen and oxygen atoms in total. The number of rotatable bonds is 9. The van der Waals surface area contributed by atoms with E-state index in [4.69, 9.17) is 9.47 Å². The summed E-state index contributed by atoms with van der Waals surface area (Å²) in [5, 5.41) is 0. The van der Waals surface area contributed by atoms with Crippen molar-refractivity contribution in [2.75, 3.05) is 13.2 Å². The number of carbonyl (C=O) groups excluding carboxylic acids is 1. The Labute approximate surface area is 134 Å². The number of ketones is 1. The second-order valence-corrected chi connectivity index (χ2v) is 5.99. The lowest BCUT2D eigenvalue weighted by atomic mass is 10.0. The molecule has 0 amide bonds. The highest BCUT2D eigenvalue weighted by atomic mass is 16.7. The summed E-state index contributed by atoms with van der Waals surface area (Å²) in [6.45, 7) is 3.71. The van der Waals surface area contributed by atoms with Crippen molar-refractivity contribution in [3.05, 3.63) is 35.4 Å². The molecule has 1 heterocycles. The minimum absolute atomic E-state index is 0.176. The Morgan fingerprint density at radius 1 is 1.09 bits per heavy atom. The summed E-state index contributed by atoms with van der Waals surface area (Å²) in [7, 11) is 0. The van der Waals surface area contributed by atoms with Gasteiger partial charge in [0.1, 0.15) is 0 Å². The first kappa shape index (κ1) is 17.2. The van der Waals surface area contributed by atoms with Crippen molar-refractivity contribution in [2.24, 2.45) is 0 Å². The van der Waals surface area contributed by atoms with Crippen LogP contribution in [0.1, 0.15) is 67.8 Å². The SMILES string of the molecule is CCCCCCc1ccc(C(=O)CCC2OCCCO2)cc1. The first-order valence-corrected chi connectivity index (χ1v) is 8.65. The predicted octanol–water partition coefficient (Wildman–Crippen LogP) is 4.54. The van der Waals surface area contributed by atoms with Gasteiger partial charge in [0, 0.05) is 18.4 Å². The first-order chi connectivity index (χ1) is 10.8. The Morgan fingerprint density at radius 3 is 2.50 bits per heavy atom. The van der Waals surface area contributed by atoms with E-state index in [9.17, 15) is 4.79 Å². The van der Waals surface area contributed by atoms with Crippen LogP contribution in [0, 0.1) is 0 Å². The number of aryl methyl sites for hydroxylation is 1. The lowest BCUT2D eigenvalue weighted by Gasteiger charge is -2.22. The van der Waals surface area contributed by atoms with Crippen LogP contribution < -0.4 is 0 Å². The zero-order chi connectivity index (χ0) is 15.6. The summed E-state index contributed by atoms with van der Waals surface area (Å²) in [6.07, 6.45) is 8.09. The summed E-state index contributed by atoms with van der Waals surface area (Å²) < 4.78 is 10.9. The fourth-order valence-corrected chi connectivity index (χ4v) is 2.71. The smallest absolute Gasteiger partial charge is 0.163 e. The number of Topliss-reactive ketones (excluding diaryl/α,β-unsaturated/α-hetero) is 1. The van der Waals surface area contributed by atoms with Crippen molar-refractivity contribution in [3.63, 3.8) is 0 Å². The van der Waals surface area contributed by atoms with E-state index in [2.05, 4.69) is 19.1 Å². The molecule has 22 heavy (non-hydrogen) atoms. The second-order valence-electron chi connectivity index (χ2n) is 5.99. The zero-order valence-electron chi connectivity index (χ0n) is 13.7. The van der Waals surface area contributed by atoms with E-state index in [1.807, 2.05) is 12.1 Å². The Bertz CT molecular complexity index is 432. The van der Waals surface area contributed by atoms with Gasteiger partial charge >= 0.3 is 0 Å². The maximum Gasteiger partial charge on any atom is 0.163 e. The molecule has 122 valence electrons. The fourth-order valence-electron chi connectivity index (χ4n) is 2.71. The van der Waals surface area contributed by atoms with Crippen molar-refractivity contribution < 1.29 is 14.3 Å². The molecule has 1 aromatic carbocycles. The molecule has 1 fully saturated rings. The third-order valence-corrected chi connectivity index (χ3v) is 4.10. The Balaban J connectivity index is 1.73. The van der Waals surface area contributed by atoms with Crippen LogP contribution in [0.3, 0.4) is 0 Å². The van der Waals surface area contributed by atoms with Crippen LogP contribution in [0.15, 0.2) is 24.3 Å². The molecule has 2 rings (SSSR count). The number of ether oxygens (including phenoxy) is 2. The van der Waals surface area contributed by atoms with E-state index in [-0.39, 0.29) is 12.1 Å². The van der Waals surface area contributed by atoms with Gasteiger partial charge in [-0.3, -0.25) is 4.79 Å². The van der Waals surface area contributed by atoms with E-state index >= 15 is 0 Å². The van der Waals surface area contributed by atoms with Crippen LogP contribution in [-0.4, -0.2) is 25.3 Å². The summed E-state index contributed by atoms with van der Waals surface area (Å²) in [5.41, 5.74) is 2.12. The summed E-state index contributed by atoms with van der Waals surface area (Å²) in [4.78, 5) is 12.2. The van der Waals surface area contributed by atoms with Gasteiger partial charge in [-0.05, 0) is 24.8 Å². The topological polar surface area (TPSA) is 35.5 Å². The summed E-state index contributed by atoms with van der Waals surface area (Å²) in [5.74, 6) is 0.176. The van der Waals surface area contributed by atoms with Crippen LogP contribution in [0.2, 0.25) is 0 Å². The quantitative estimate of drug-likeness (QED) is 0.496. The number of hydrogen-bond acceptors (Lipinski definition) is 3. The molecular weight excluding hydrogens is 276 g/mol. The molecule has 0 radical (unpaired) electrons. The highest BCUT2D eigenvalue weighted by molar-refractivity contribution is 5.96. The Kier molecular flexibility index (Phi) is 7.61. The Hall–Kier alpha value is -1.19. The average molecular weight is 304 g/mol. The summed E-state index contributed by atoms with van der Waals surface area (Å²) in [6, 6.07) is 8.10. The predicted molar refractivity (Wildman–Crippen MR) is 88.2 cm³/mol. The monoisotopic (exact) mass is 304 g/mol. The molecule has 0 unspecified atom stereocenters. The van der Waals surface area contributed by atoms with Gasteiger partial charge in [-0.15, -0.1) is 0 Å². The lowest BCUT2D eigenvalue weighted by molar-refractivity contribution is -0.180. The molecule has 0 saturated carbocycles. The van der Waals surface area contributed by atoms with E-state index in [0.717, 1.165) is 31.6 Å². The fraction of sp³-hybridized carbons (Fsp3) is 0.632. The highest BCUT2D eigenvalue weighted by Crippen LogP contribution is 2.15. The molecule has 0 aromatic heterocycles. The third-order valence-electron chi connectivity index (χ3n) is 4.10. The average Bonchev–Trinajstić information content (AvgIpc) is 2.58. The van der Waals surface area contributed by atoms with Gasteiger partial charge in [0.05, 0.1) is 13.2 Å². The molecule has 3 heteroatoms. The number of carbonyl (C=O) groups is 1. The second kappa shape index (κ2) is 9.75. The standard InChI is InChI=1S/C19H28O3/c1-2-3-4-5-7-16-8-10-17(11-9-16)18(20)12-13-19-21-14-6-15-22-19/h8-11,19H,2-7,12-15H2,1H3. The van der Waals surface area contributed by atoms with Crippen LogP contribution in [-0.2, 0) is 15.9 Å². The molecule has 1 saturated heterocycles. The highest BCUT2D eigenvalue weighted by Gasteiger charge is 2.16. The van der Waals surface area contributed by atoms with Gasteiger partial charge in [0.25, 0.3) is 0 Å². The number of benzene rings is 1. The molecule has 0 atom stereocenters. The molecule has 0 aliphatic carbocycles. The van der Waals surface area contributed by atoms with Gasteiger partial charge in [0.15, 0.2) is 12.1 Å². The van der Waals surface area contributed by atoms with Crippen molar-refractivity contribution in [1.29, 1.82) is 0 Å². The molecule has 0 N–H and O–H groups in total. The zero-order valence-corrected chi connectivity index (χ0v) is 13.7. The molecule has 1 aromatic rings. The van der Waals surface area contributed by atoms with Crippen molar-refractivity contribution in [2.45, 2.75) is 64.6 Å². The normalized spacial score (nSPS) is 15.9. The number of unbranched alkanes of at least 4 members (excludes halogenated alkanes) is 3. The van der Waals surface area contributed by atoms with Gasteiger partial charge < -0.3 is 9.47 Å². The molecule has 0 bridgehead atoms. The molecule has 0 spiro atoms. The van der Waals surface area contributed by atoms with E-state index in [0.29, 0.717) is 12.8 Å². The van der Waals surface area contributed by atoms with E-state index < -0.39 is 0 Å². The van der Waals surface area contributed by atoms with Crippen LogP contribution in [0.4, 0.5) is 0 Å². The minimum Gasteiger partial charge on any atom is -0.353 e. The van der Waals surface area contributed by atoms with Crippen molar-refractivity contribution in [1.82, 2.24) is 0 Å². The summed E-state index contributed by atoms with van der Waals surface area (Å²) >= 11 is 0. The van der Waals surface area contributed by atoms with Crippen LogP contribution >= 0.6 is 0 Å². The van der Waals surface area contributed by atoms with Crippen LogP contribution in [0.25, 0.3) is 0 Å². The van der Waals surface area contributed by atoms with Gasteiger partial charge in [-0.2, -0.15) is 0 Å². The number of hydrogen-bond donors (Lipinski definition) is 0. The third kappa shape index (κ3) is 5.90. The van der Waals surface area contributed by atoms with Crippen molar-refractivity contribution in [3.8, 4) is 0 Å². The van der Waals surface area contributed by atoms with Gasteiger partial charge in [-0.1, -0.05) is 50.5 Å². The largest absolute Gasteiger partial charge is 0.353 e. The molecule has 1 aliphatic heterocycles. The lowest BCUT2D eigenvalue weighted by Crippen LogP contribution is -2.25. The van der Waals surface area contributed by atoms with E-state index in [1.165, 1.54) is 31.2 Å². The van der Waals surface area contributed by atoms with Gasteiger partial charge in [0.2, 0.25) is 0 Å². The van der Waals surface area contributed by atoms with Crippen LogP contribution in [0.5, 0.6) is 0 Å². The Morgan fingerprint density at radius 2 is 1.82 bits per heavy atom. The van der Waals surface area contributed by atoms with Gasteiger partial charge in [-0.25, -0.2) is 0 Å². The molecular formula is C19H28O3. The minimum atomic E-state index is -0.199. The maximum atomic E-state index is 12.2. The van der Waals surface area contributed by atoms with Crippen molar-refractivity contribution >= 4 is 5.78 Å². The maximum absolute atomic E-state index is 12.2. The van der Waals surface area contributed by atoms with E-state index in [1.54, 1.807) is 0 Å². The molecule has 1 aliphatic rings.